The lowest BCUT2D eigenvalue weighted by Gasteiger charge is -2.17. The normalized spacial score (nSPS) is 12.1. The average molecular weight is 235 g/mol. The predicted octanol–water partition coefficient (Wildman–Crippen LogP) is 1.23. The van der Waals surface area contributed by atoms with E-state index in [1.165, 1.54) is 0 Å². The van der Waals surface area contributed by atoms with Crippen molar-refractivity contribution in [2.24, 2.45) is 5.73 Å². The second-order valence-corrected chi connectivity index (χ2v) is 4.58. The van der Waals surface area contributed by atoms with Crippen molar-refractivity contribution in [3.8, 4) is 0 Å². The molecular formula is C13H21N3O. The Morgan fingerprint density at radius 2 is 1.71 bits per heavy atom. The van der Waals surface area contributed by atoms with Crippen molar-refractivity contribution in [3.05, 3.63) is 29.8 Å². The van der Waals surface area contributed by atoms with Crippen molar-refractivity contribution in [2.45, 2.75) is 12.5 Å². The van der Waals surface area contributed by atoms with Gasteiger partial charge in [0.25, 0.3) is 0 Å². The van der Waals surface area contributed by atoms with Crippen LogP contribution in [-0.2, 0) is 4.79 Å². The summed E-state index contributed by atoms with van der Waals surface area (Å²) in [6, 6.07) is 7.73. The van der Waals surface area contributed by atoms with Gasteiger partial charge in [-0.1, -0.05) is 12.1 Å². The highest BCUT2D eigenvalue weighted by atomic mass is 16.2. The van der Waals surface area contributed by atoms with Crippen molar-refractivity contribution in [2.75, 3.05) is 33.1 Å². The summed E-state index contributed by atoms with van der Waals surface area (Å²) >= 11 is 0. The Hall–Kier alpha value is -1.55. The van der Waals surface area contributed by atoms with E-state index < -0.39 is 0 Å². The van der Waals surface area contributed by atoms with Crippen LogP contribution in [0.25, 0.3) is 0 Å². The van der Waals surface area contributed by atoms with Crippen LogP contribution in [0.4, 0.5) is 5.69 Å². The molecule has 0 aliphatic rings. The Balaban J connectivity index is 2.70. The molecule has 2 N–H and O–H groups in total. The van der Waals surface area contributed by atoms with Crippen molar-refractivity contribution in [1.29, 1.82) is 0 Å². The van der Waals surface area contributed by atoms with Gasteiger partial charge in [-0.05, 0) is 17.7 Å². The molecule has 0 heterocycles. The molecule has 1 aromatic carbocycles. The van der Waals surface area contributed by atoms with Gasteiger partial charge in [-0.25, -0.2) is 0 Å². The molecular weight excluding hydrogens is 214 g/mol. The lowest BCUT2D eigenvalue weighted by molar-refractivity contribution is -0.129. The third-order valence-corrected chi connectivity index (χ3v) is 2.73. The fraction of sp³-hybridized carbons (Fsp3) is 0.462. The van der Waals surface area contributed by atoms with Gasteiger partial charge in [0.05, 0.1) is 0 Å². The smallest absolute Gasteiger partial charge is 0.223 e. The minimum absolute atomic E-state index is 0.0502. The molecule has 0 saturated carbocycles. The quantitative estimate of drug-likeness (QED) is 0.854. The van der Waals surface area contributed by atoms with E-state index in [2.05, 4.69) is 0 Å². The molecule has 4 nitrogen and oxygen atoms in total. The van der Waals surface area contributed by atoms with Crippen LogP contribution in [0, 0.1) is 0 Å². The Kier molecular flexibility index (Phi) is 4.52. The van der Waals surface area contributed by atoms with E-state index in [1.807, 2.05) is 43.3 Å². The number of hydrogen-bond donors (Lipinski definition) is 1. The van der Waals surface area contributed by atoms with Crippen LogP contribution in [0.15, 0.2) is 24.3 Å². The van der Waals surface area contributed by atoms with Crippen LogP contribution in [-0.4, -0.2) is 39.0 Å². The van der Waals surface area contributed by atoms with Gasteiger partial charge in [-0.15, -0.1) is 0 Å². The molecule has 17 heavy (non-hydrogen) atoms. The molecule has 1 amide bonds. The van der Waals surface area contributed by atoms with E-state index >= 15 is 0 Å². The number of amides is 1. The predicted molar refractivity (Wildman–Crippen MR) is 71.0 cm³/mol. The highest BCUT2D eigenvalue weighted by molar-refractivity contribution is 5.76. The molecule has 0 aliphatic carbocycles. The van der Waals surface area contributed by atoms with Gasteiger partial charge in [0.1, 0.15) is 0 Å². The second kappa shape index (κ2) is 5.68. The van der Waals surface area contributed by atoms with E-state index in [9.17, 15) is 4.79 Å². The molecule has 0 spiro atoms. The largest absolute Gasteiger partial charge is 0.378 e. The Labute approximate surface area is 103 Å². The van der Waals surface area contributed by atoms with Crippen molar-refractivity contribution < 1.29 is 4.79 Å². The molecule has 0 bridgehead atoms. The van der Waals surface area contributed by atoms with Gasteiger partial charge in [0.2, 0.25) is 5.91 Å². The lowest BCUT2D eigenvalue weighted by Crippen LogP contribution is -2.26. The first kappa shape index (κ1) is 13.5. The highest BCUT2D eigenvalue weighted by Gasteiger charge is 2.12. The SMILES string of the molecule is CN(C)C(=O)CC(N)c1ccc(N(C)C)cc1. The number of anilines is 1. The molecule has 94 valence electrons. The van der Waals surface area contributed by atoms with E-state index in [-0.39, 0.29) is 11.9 Å². The number of rotatable bonds is 4. The Bertz CT molecular complexity index is 371. The van der Waals surface area contributed by atoms with Crippen LogP contribution < -0.4 is 10.6 Å². The summed E-state index contributed by atoms with van der Waals surface area (Å²) in [5.41, 5.74) is 8.12. The highest BCUT2D eigenvalue weighted by Crippen LogP contribution is 2.18. The number of benzene rings is 1. The summed E-state index contributed by atoms with van der Waals surface area (Å²) in [4.78, 5) is 15.1. The molecule has 0 saturated heterocycles. The van der Waals surface area contributed by atoms with Crippen LogP contribution in [0.1, 0.15) is 18.0 Å². The zero-order chi connectivity index (χ0) is 13.0. The molecule has 4 heteroatoms. The standard InChI is InChI=1S/C13H21N3O/c1-15(2)11-7-5-10(6-8-11)12(14)9-13(17)16(3)4/h5-8,12H,9,14H2,1-4H3. The zero-order valence-corrected chi connectivity index (χ0v) is 11.0. The number of hydrogen-bond acceptors (Lipinski definition) is 3. The van der Waals surface area contributed by atoms with E-state index in [0.717, 1.165) is 11.3 Å². The van der Waals surface area contributed by atoms with Crippen LogP contribution in [0.5, 0.6) is 0 Å². The van der Waals surface area contributed by atoms with Crippen LogP contribution >= 0.6 is 0 Å². The van der Waals surface area contributed by atoms with E-state index in [0.29, 0.717) is 6.42 Å². The average Bonchev–Trinajstić information content (AvgIpc) is 2.28. The summed E-state index contributed by atoms with van der Waals surface area (Å²) in [5, 5.41) is 0. The Morgan fingerprint density at radius 1 is 1.18 bits per heavy atom. The fourth-order valence-electron chi connectivity index (χ4n) is 1.51. The van der Waals surface area contributed by atoms with Crippen molar-refractivity contribution in [1.82, 2.24) is 4.90 Å². The van der Waals surface area contributed by atoms with Gasteiger partial charge < -0.3 is 15.5 Å². The third kappa shape index (κ3) is 3.75. The molecule has 1 atom stereocenters. The first-order valence-electron chi connectivity index (χ1n) is 5.65. The van der Waals surface area contributed by atoms with Crippen molar-refractivity contribution >= 4 is 11.6 Å². The summed E-state index contributed by atoms with van der Waals surface area (Å²) in [6.07, 6.45) is 0.342. The molecule has 0 aromatic heterocycles. The van der Waals surface area contributed by atoms with E-state index in [4.69, 9.17) is 5.73 Å². The summed E-state index contributed by atoms with van der Waals surface area (Å²) in [6.45, 7) is 0. The lowest BCUT2D eigenvalue weighted by atomic mass is 10.0. The maximum Gasteiger partial charge on any atom is 0.223 e. The molecule has 1 aromatic rings. The molecule has 0 fully saturated rings. The van der Waals surface area contributed by atoms with Gasteiger partial charge in [-0.3, -0.25) is 4.79 Å². The van der Waals surface area contributed by atoms with E-state index in [1.54, 1.807) is 19.0 Å². The molecule has 1 rings (SSSR count). The maximum absolute atomic E-state index is 11.5. The number of carbonyl (C=O) groups excluding carboxylic acids is 1. The first-order chi connectivity index (χ1) is 7.91. The minimum Gasteiger partial charge on any atom is -0.378 e. The monoisotopic (exact) mass is 235 g/mol. The van der Waals surface area contributed by atoms with Gasteiger partial charge in [-0.2, -0.15) is 0 Å². The molecule has 1 unspecified atom stereocenters. The second-order valence-electron chi connectivity index (χ2n) is 4.58. The number of carbonyl (C=O) groups is 1. The van der Waals surface area contributed by atoms with Crippen molar-refractivity contribution in [3.63, 3.8) is 0 Å². The molecule has 0 radical (unpaired) electrons. The summed E-state index contributed by atoms with van der Waals surface area (Å²) in [5.74, 6) is 0.0502. The first-order valence-corrected chi connectivity index (χ1v) is 5.65. The van der Waals surface area contributed by atoms with Gasteiger partial charge >= 0.3 is 0 Å². The Morgan fingerprint density at radius 3 is 2.12 bits per heavy atom. The molecule has 0 aliphatic heterocycles. The number of nitrogens with two attached hydrogens (primary N) is 1. The van der Waals surface area contributed by atoms with Crippen LogP contribution in [0.3, 0.4) is 0 Å². The van der Waals surface area contributed by atoms with Crippen LogP contribution in [0.2, 0.25) is 0 Å². The fourth-order valence-corrected chi connectivity index (χ4v) is 1.51. The minimum atomic E-state index is -0.235. The summed E-state index contributed by atoms with van der Waals surface area (Å²) < 4.78 is 0. The number of nitrogens with zero attached hydrogens (tertiary/aromatic N) is 2. The zero-order valence-electron chi connectivity index (χ0n) is 11.0. The van der Waals surface area contributed by atoms with Gasteiger partial charge in [0, 0.05) is 46.3 Å². The van der Waals surface area contributed by atoms with Gasteiger partial charge in [0.15, 0.2) is 0 Å². The summed E-state index contributed by atoms with van der Waals surface area (Å²) in [7, 11) is 7.46. The maximum atomic E-state index is 11.5. The topological polar surface area (TPSA) is 49.6 Å². The third-order valence-electron chi connectivity index (χ3n) is 2.73.